The topological polar surface area (TPSA) is 80.4 Å². The molecule has 5 nitrogen and oxygen atoms in total. The lowest BCUT2D eigenvalue weighted by atomic mass is 9.97. The Morgan fingerprint density at radius 1 is 1.18 bits per heavy atom. The first-order valence-electron chi connectivity index (χ1n) is 8.74. The monoisotopic (exact) mass is 393 g/mol. The highest BCUT2D eigenvalue weighted by Crippen LogP contribution is 2.36. The first-order chi connectivity index (χ1) is 13.4. The van der Waals surface area contributed by atoms with Gasteiger partial charge in [0, 0.05) is 11.4 Å². The summed E-state index contributed by atoms with van der Waals surface area (Å²) in [7, 11) is 0. The number of carboxylic acid groups (broad SMARTS) is 1. The van der Waals surface area contributed by atoms with Crippen molar-refractivity contribution in [2.75, 3.05) is 0 Å². The highest BCUT2D eigenvalue weighted by Gasteiger charge is 2.27. The smallest absolute Gasteiger partial charge is 0.336 e. The van der Waals surface area contributed by atoms with E-state index in [2.05, 4.69) is 4.98 Å². The van der Waals surface area contributed by atoms with Gasteiger partial charge in [0.15, 0.2) is 5.58 Å². The molecule has 1 heterocycles. The molecular formula is C22H16ClNO4. The Morgan fingerprint density at radius 3 is 2.64 bits per heavy atom. The van der Waals surface area contributed by atoms with E-state index in [9.17, 15) is 14.7 Å². The molecule has 0 saturated carbocycles. The lowest BCUT2D eigenvalue weighted by Gasteiger charge is -2.07. The standard InChI is InChI=1S/C22H16ClNO4/c1-12-2-9-19-17(10-12)24-21(28-19)18(25)11-14-5-8-16(20(14)22(26)27)13-3-6-15(23)7-4-13/h2-4,6-10H,5,11H2,1H3,(H,26,27). The molecule has 1 aliphatic rings. The first kappa shape index (κ1) is 18.2. The van der Waals surface area contributed by atoms with Gasteiger partial charge in [0.2, 0.25) is 5.78 Å². The van der Waals surface area contributed by atoms with E-state index in [0.29, 0.717) is 33.7 Å². The second-order valence-corrected chi connectivity index (χ2v) is 7.14. The molecule has 2 aromatic carbocycles. The highest BCUT2D eigenvalue weighted by molar-refractivity contribution is 6.30. The number of fused-ring (bicyclic) bond motifs is 1. The number of aromatic nitrogens is 1. The second-order valence-electron chi connectivity index (χ2n) is 6.70. The van der Waals surface area contributed by atoms with Crippen LogP contribution in [0.1, 0.15) is 34.7 Å². The number of carboxylic acids is 1. The average molecular weight is 394 g/mol. The third-order valence-corrected chi connectivity index (χ3v) is 4.95. The number of allylic oxidation sites excluding steroid dienone is 2. The van der Waals surface area contributed by atoms with Crippen molar-refractivity contribution in [1.82, 2.24) is 4.98 Å². The van der Waals surface area contributed by atoms with Crippen molar-refractivity contribution >= 4 is 40.0 Å². The summed E-state index contributed by atoms with van der Waals surface area (Å²) in [6.07, 6.45) is 2.16. The largest absolute Gasteiger partial charge is 0.478 e. The van der Waals surface area contributed by atoms with Crippen molar-refractivity contribution in [1.29, 1.82) is 0 Å². The Bertz CT molecular complexity index is 1170. The van der Waals surface area contributed by atoms with E-state index in [-0.39, 0.29) is 23.7 Å². The van der Waals surface area contributed by atoms with Gasteiger partial charge in [-0.15, -0.1) is 0 Å². The van der Waals surface area contributed by atoms with Gasteiger partial charge in [0.05, 0.1) is 5.57 Å². The van der Waals surface area contributed by atoms with Crippen molar-refractivity contribution in [3.8, 4) is 0 Å². The minimum atomic E-state index is -1.06. The van der Waals surface area contributed by atoms with Crippen molar-refractivity contribution < 1.29 is 19.1 Å². The Labute approximate surface area is 166 Å². The van der Waals surface area contributed by atoms with E-state index in [1.165, 1.54) is 0 Å². The number of halogens is 1. The van der Waals surface area contributed by atoms with Crippen LogP contribution in [0.25, 0.3) is 16.7 Å². The van der Waals surface area contributed by atoms with Crippen LogP contribution in [-0.4, -0.2) is 21.8 Å². The predicted octanol–water partition coefficient (Wildman–Crippen LogP) is 5.23. The zero-order valence-electron chi connectivity index (χ0n) is 15.0. The summed E-state index contributed by atoms with van der Waals surface area (Å²) in [5.41, 5.74) is 4.21. The van der Waals surface area contributed by atoms with Gasteiger partial charge in [-0.25, -0.2) is 9.78 Å². The predicted molar refractivity (Wildman–Crippen MR) is 106 cm³/mol. The molecule has 0 spiro atoms. The molecular weight excluding hydrogens is 378 g/mol. The van der Waals surface area contributed by atoms with Gasteiger partial charge in [-0.2, -0.15) is 0 Å². The van der Waals surface area contributed by atoms with Crippen LogP contribution in [0.15, 0.2) is 64.1 Å². The number of benzene rings is 2. The van der Waals surface area contributed by atoms with E-state index in [1.54, 1.807) is 30.3 Å². The number of ketones is 1. The molecule has 0 saturated heterocycles. The molecule has 4 rings (SSSR count). The molecule has 0 amide bonds. The maximum absolute atomic E-state index is 12.7. The van der Waals surface area contributed by atoms with Crippen molar-refractivity contribution in [2.24, 2.45) is 0 Å². The first-order valence-corrected chi connectivity index (χ1v) is 9.12. The molecule has 0 fully saturated rings. The van der Waals surface area contributed by atoms with Crippen LogP contribution < -0.4 is 0 Å². The second kappa shape index (κ2) is 7.09. The molecule has 6 heteroatoms. The molecule has 140 valence electrons. The van der Waals surface area contributed by atoms with Gasteiger partial charge in [-0.05, 0) is 59.9 Å². The van der Waals surface area contributed by atoms with Crippen LogP contribution in [0.4, 0.5) is 0 Å². The summed E-state index contributed by atoms with van der Waals surface area (Å²) < 4.78 is 5.55. The molecule has 3 aromatic rings. The summed E-state index contributed by atoms with van der Waals surface area (Å²) in [5.74, 6) is -1.40. The van der Waals surface area contributed by atoms with Crippen LogP contribution in [0.5, 0.6) is 0 Å². The summed E-state index contributed by atoms with van der Waals surface area (Å²) in [5, 5.41) is 10.3. The van der Waals surface area contributed by atoms with Gasteiger partial charge in [-0.1, -0.05) is 35.9 Å². The fourth-order valence-corrected chi connectivity index (χ4v) is 3.49. The highest BCUT2D eigenvalue weighted by atomic mass is 35.5. The van der Waals surface area contributed by atoms with Crippen molar-refractivity contribution in [3.63, 3.8) is 0 Å². The Balaban J connectivity index is 1.64. The molecule has 0 aliphatic heterocycles. The van der Waals surface area contributed by atoms with Crippen molar-refractivity contribution in [3.05, 3.63) is 81.7 Å². The average Bonchev–Trinajstić information content (AvgIpc) is 3.26. The molecule has 0 atom stereocenters. The maximum Gasteiger partial charge on any atom is 0.336 e. The SMILES string of the molecule is Cc1ccc2oc(C(=O)CC3=C(C(=O)O)C(c4ccc(Cl)cc4)=CC3)nc2c1. The Kier molecular flexibility index (Phi) is 4.61. The summed E-state index contributed by atoms with van der Waals surface area (Å²) >= 11 is 5.92. The van der Waals surface area contributed by atoms with Gasteiger partial charge in [-0.3, -0.25) is 4.79 Å². The number of hydrogen-bond donors (Lipinski definition) is 1. The van der Waals surface area contributed by atoms with E-state index >= 15 is 0 Å². The third kappa shape index (κ3) is 3.37. The molecule has 1 aromatic heterocycles. The van der Waals surface area contributed by atoms with E-state index < -0.39 is 5.97 Å². The van der Waals surface area contributed by atoms with Crippen LogP contribution >= 0.6 is 11.6 Å². The Hall–Kier alpha value is -3.18. The number of aliphatic carboxylic acids is 1. The van der Waals surface area contributed by atoms with Gasteiger partial charge in [0.25, 0.3) is 5.89 Å². The van der Waals surface area contributed by atoms with Gasteiger partial charge >= 0.3 is 5.97 Å². The summed E-state index contributed by atoms with van der Waals surface area (Å²) in [6, 6.07) is 12.4. The molecule has 1 aliphatic carbocycles. The molecule has 28 heavy (non-hydrogen) atoms. The van der Waals surface area contributed by atoms with E-state index in [4.69, 9.17) is 16.0 Å². The van der Waals surface area contributed by atoms with E-state index in [1.807, 2.05) is 25.1 Å². The number of hydrogen-bond acceptors (Lipinski definition) is 4. The molecule has 0 bridgehead atoms. The van der Waals surface area contributed by atoms with Crippen LogP contribution in [0, 0.1) is 6.92 Å². The normalized spacial score (nSPS) is 13.9. The number of carbonyl (C=O) groups excluding carboxylic acids is 1. The summed E-state index contributed by atoms with van der Waals surface area (Å²) in [4.78, 5) is 28.8. The number of oxazole rings is 1. The molecule has 1 N–H and O–H groups in total. The maximum atomic E-state index is 12.7. The van der Waals surface area contributed by atoms with E-state index in [0.717, 1.165) is 11.1 Å². The quantitative estimate of drug-likeness (QED) is 0.600. The van der Waals surface area contributed by atoms with Crippen molar-refractivity contribution in [2.45, 2.75) is 19.8 Å². The lowest BCUT2D eigenvalue weighted by molar-refractivity contribution is -0.132. The minimum Gasteiger partial charge on any atom is -0.478 e. The Morgan fingerprint density at radius 2 is 1.93 bits per heavy atom. The van der Waals surface area contributed by atoms with Gasteiger partial charge in [0.1, 0.15) is 5.52 Å². The number of nitrogens with zero attached hydrogens (tertiary/aromatic N) is 1. The minimum absolute atomic E-state index is 0.00205. The van der Waals surface area contributed by atoms with Crippen LogP contribution in [-0.2, 0) is 4.79 Å². The summed E-state index contributed by atoms with van der Waals surface area (Å²) in [6.45, 7) is 1.93. The number of Topliss-reactive ketones (excluding diaryl/α,β-unsaturated/α-hetero) is 1. The lowest BCUT2D eigenvalue weighted by Crippen LogP contribution is -2.07. The number of aryl methyl sites for hydroxylation is 1. The fraction of sp³-hybridized carbons (Fsp3) is 0.136. The van der Waals surface area contributed by atoms with Gasteiger partial charge < -0.3 is 9.52 Å². The molecule has 0 radical (unpaired) electrons. The zero-order valence-corrected chi connectivity index (χ0v) is 15.8. The third-order valence-electron chi connectivity index (χ3n) is 4.70. The molecule has 0 unspecified atom stereocenters. The number of carbonyl (C=O) groups is 2. The van der Waals surface area contributed by atoms with Crippen LogP contribution in [0.2, 0.25) is 5.02 Å². The van der Waals surface area contributed by atoms with Crippen LogP contribution in [0.3, 0.4) is 0 Å². The zero-order chi connectivity index (χ0) is 19.8. The number of rotatable bonds is 5. The fourth-order valence-electron chi connectivity index (χ4n) is 3.36.